The molecule has 4 nitrogen and oxygen atoms in total. The molecule has 0 spiro atoms. The molecule has 1 heterocycles. The fourth-order valence-electron chi connectivity index (χ4n) is 3.00. The Kier molecular flexibility index (Phi) is 6.36. The molecule has 5 radical (unpaired) electrons. The summed E-state index contributed by atoms with van der Waals surface area (Å²) in [4.78, 5) is 0. The Morgan fingerprint density at radius 3 is 2.44 bits per heavy atom. The molecule has 1 aliphatic heterocycles. The first-order valence-electron chi connectivity index (χ1n) is 8.89. The van der Waals surface area contributed by atoms with E-state index < -0.39 is 28.7 Å². The van der Waals surface area contributed by atoms with Gasteiger partial charge in [-0.3, -0.25) is 0 Å². The van der Waals surface area contributed by atoms with Gasteiger partial charge in [0.1, 0.15) is 7.28 Å². The van der Waals surface area contributed by atoms with E-state index in [4.69, 9.17) is 20.4 Å². The van der Waals surface area contributed by atoms with Crippen LogP contribution in [0.15, 0.2) is 23.8 Å². The Hall–Kier alpha value is -0.485. The molecule has 1 saturated heterocycles. The maximum Gasteiger partial charge on any atom is 0.109 e. The largest absolute Gasteiger partial charge is 0.393 e. The Morgan fingerprint density at radius 2 is 1.88 bits per heavy atom. The summed E-state index contributed by atoms with van der Waals surface area (Å²) in [7, 11) is 14.3. The molecule has 2 aliphatic rings. The minimum atomic E-state index is -0.747. The van der Waals surface area contributed by atoms with Crippen molar-refractivity contribution in [1.82, 2.24) is 0 Å². The van der Waals surface area contributed by atoms with Crippen molar-refractivity contribution in [3.8, 4) is 0 Å². The van der Waals surface area contributed by atoms with Crippen LogP contribution in [0.1, 0.15) is 40.0 Å². The van der Waals surface area contributed by atoms with Gasteiger partial charge in [0, 0.05) is 6.61 Å². The Morgan fingerprint density at radius 1 is 1.28 bits per heavy atom. The first-order valence-corrected chi connectivity index (χ1v) is 8.89. The molecular formula is C18H28B3O4. The summed E-state index contributed by atoms with van der Waals surface area (Å²) < 4.78 is 5.57. The molecule has 3 N–H and O–H groups in total. The van der Waals surface area contributed by atoms with Gasteiger partial charge in [-0.15, -0.1) is 0 Å². The van der Waals surface area contributed by atoms with Crippen molar-refractivity contribution in [2.24, 2.45) is 5.41 Å². The summed E-state index contributed by atoms with van der Waals surface area (Å²) in [6, 6.07) is 0. The molecule has 3 unspecified atom stereocenters. The fraction of sp³-hybridized carbons (Fsp3) is 0.778. The van der Waals surface area contributed by atoms with Gasteiger partial charge in [-0.25, -0.2) is 0 Å². The molecule has 25 heavy (non-hydrogen) atoms. The number of ether oxygens (including phenoxy) is 1. The van der Waals surface area contributed by atoms with E-state index in [-0.39, 0.29) is 18.6 Å². The molecule has 0 amide bonds. The molecule has 1 aliphatic carbocycles. The Labute approximate surface area is 154 Å². The third kappa shape index (κ3) is 5.49. The fourth-order valence-corrected chi connectivity index (χ4v) is 3.00. The van der Waals surface area contributed by atoms with Crippen LogP contribution in [0.4, 0.5) is 0 Å². The lowest BCUT2D eigenvalue weighted by Crippen LogP contribution is -2.31. The van der Waals surface area contributed by atoms with Gasteiger partial charge in [0.05, 0.1) is 40.6 Å². The standard InChI is InChI=1S/C18H28B3O4/c1-16(2,3)15(24)10-25-11-18(20)17(19,21-18)6-4-5-12-7-13(22)9-14(23)8-12/h4-6,13-15,22-24H,7-11H2,1-3H3/b6-4+/t13-,14-,15?,17?,18?/m1/s1. The number of allylic oxidation sites excluding steroid dienone is 3. The maximum absolute atomic E-state index is 9.99. The van der Waals surface area contributed by atoms with E-state index in [2.05, 4.69) is 0 Å². The van der Waals surface area contributed by atoms with Crippen LogP contribution in [-0.2, 0) is 4.74 Å². The third-order valence-corrected chi connectivity index (χ3v) is 5.08. The molecule has 1 saturated carbocycles. The lowest BCUT2D eigenvalue weighted by molar-refractivity contribution is -0.0211. The summed E-state index contributed by atoms with van der Waals surface area (Å²) in [5, 5.41) is 27.9. The average Bonchev–Trinajstić information content (AvgIpc) is 2.98. The predicted molar refractivity (Wildman–Crippen MR) is 102 cm³/mol. The first-order chi connectivity index (χ1) is 11.5. The van der Waals surface area contributed by atoms with Crippen LogP contribution < -0.4 is 0 Å². The van der Waals surface area contributed by atoms with E-state index in [1.54, 1.807) is 0 Å². The SMILES string of the molecule is [B]C1(/C=C/C=C2C[C@@H](O)C[C@H](O)C2)[B]C1([B])COCC(O)C(C)(C)C. The zero-order valence-corrected chi connectivity index (χ0v) is 15.5. The van der Waals surface area contributed by atoms with E-state index in [1.165, 1.54) is 0 Å². The summed E-state index contributed by atoms with van der Waals surface area (Å²) in [5.41, 5.74) is 0.759. The van der Waals surface area contributed by atoms with Gasteiger partial charge in [0.15, 0.2) is 0 Å². The van der Waals surface area contributed by atoms with Gasteiger partial charge >= 0.3 is 0 Å². The second-order valence-electron chi connectivity index (χ2n) is 8.65. The van der Waals surface area contributed by atoms with Crippen molar-refractivity contribution in [3.63, 3.8) is 0 Å². The quantitative estimate of drug-likeness (QED) is 0.633. The van der Waals surface area contributed by atoms with Crippen molar-refractivity contribution >= 4 is 23.0 Å². The zero-order valence-electron chi connectivity index (χ0n) is 15.5. The molecule has 2 rings (SSSR count). The van der Waals surface area contributed by atoms with Crippen LogP contribution >= 0.6 is 0 Å². The number of hydrogen-bond donors (Lipinski definition) is 3. The number of rotatable bonds is 6. The molecule has 5 atom stereocenters. The van der Waals surface area contributed by atoms with Crippen molar-refractivity contribution in [2.45, 2.75) is 68.8 Å². The van der Waals surface area contributed by atoms with Crippen LogP contribution in [-0.4, -0.2) is 69.8 Å². The molecular weight excluding hydrogens is 313 g/mol. The summed E-state index contributed by atoms with van der Waals surface area (Å²) in [6.45, 7) is 6.31. The van der Waals surface area contributed by atoms with E-state index in [0.717, 1.165) is 5.57 Å². The normalized spacial score (nSPS) is 37.0. The molecule has 7 heteroatoms. The van der Waals surface area contributed by atoms with Crippen LogP contribution in [0.2, 0.25) is 10.4 Å². The van der Waals surface area contributed by atoms with Gasteiger partial charge in [-0.1, -0.05) is 55.0 Å². The van der Waals surface area contributed by atoms with Gasteiger partial charge in [0.2, 0.25) is 0 Å². The Bertz CT molecular complexity index is 519. The average molecular weight is 341 g/mol. The topological polar surface area (TPSA) is 69.9 Å². The van der Waals surface area contributed by atoms with Gasteiger partial charge in [0.25, 0.3) is 0 Å². The minimum absolute atomic E-state index is 0.218. The molecule has 0 aromatic heterocycles. The van der Waals surface area contributed by atoms with Crippen LogP contribution in [0.3, 0.4) is 0 Å². The second kappa shape index (κ2) is 7.63. The van der Waals surface area contributed by atoms with Crippen molar-refractivity contribution in [1.29, 1.82) is 0 Å². The van der Waals surface area contributed by atoms with Gasteiger partial charge < -0.3 is 20.1 Å². The Balaban J connectivity index is 1.83. The van der Waals surface area contributed by atoms with Gasteiger partial charge in [-0.05, 0) is 24.7 Å². The van der Waals surface area contributed by atoms with E-state index in [0.29, 0.717) is 19.3 Å². The van der Waals surface area contributed by atoms with Crippen molar-refractivity contribution < 1.29 is 20.1 Å². The molecule has 0 aromatic carbocycles. The van der Waals surface area contributed by atoms with Crippen molar-refractivity contribution in [3.05, 3.63) is 23.8 Å². The van der Waals surface area contributed by atoms with E-state index >= 15 is 0 Å². The summed E-state index contributed by atoms with van der Waals surface area (Å²) >= 11 is 0. The minimum Gasteiger partial charge on any atom is -0.393 e. The van der Waals surface area contributed by atoms with Crippen molar-refractivity contribution in [2.75, 3.05) is 13.2 Å². The maximum atomic E-state index is 9.99. The lowest BCUT2D eigenvalue weighted by Gasteiger charge is -2.27. The smallest absolute Gasteiger partial charge is 0.109 e. The van der Waals surface area contributed by atoms with Gasteiger partial charge in [-0.2, -0.15) is 0 Å². The van der Waals surface area contributed by atoms with E-state index in [9.17, 15) is 15.3 Å². The summed E-state index contributed by atoms with van der Waals surface area (Å²) in [5.74, 6) is 0. The monoisotopic (exact) mass is 341 g/mol. The highest BCUT2D eigenvalue weighted by molar-refractivity contribution is 6.82. The van der Waals surface area contributed by atoms with Crippen LogP contribution in [0.5, 0.6) is 0 Å². The number of aliphatic hydroxyl groups excluding tert-OH is 3. The lowest BCUT2D eigenvalue weighted by atomic mass is 9.67. The third-order valence-electron chi connectivity index (χ3n) is 5.08. The highest BCUT2D eigenvalue weighted by Crippen LogP contribution is 2.64. The highest BCUT2D eigenvalue weighted by Gasteiger charge is 2.58. The number of aliphatic hydroxyl groups is 3. The second-order valence-corrected chi connectivity index (χ2v) is 8.65. The highest BCUT2D eigenvalue weighted by atomic mass is 16.5. The molecule has 2 fully saturated rings. The zero-order chi connectivity index (χ0) is 18.9. The summed E-state index contributed by atoms with van der Waals surface area (Å²) in [6.07, 6.45) is 5.57. The van der Waals surface area contributed by atoms with Crippen LogP contribution in [0, 0.1) is 5.41 Å². The predicted octanol–water partition coefficient (Wildman–Crippen LogP) is 1.09. The molecule has 0 bridgehead atoms. The van der Waals surface area contributed by atoms with Crippen LogP contribution in [0.25, 0.3) is 0 Å². The number of hydrogen-bond acceptors (Lipinski definition) is 4. The molecule has 133 valence electrons. The first kappa shape index (κ1) is 20.8. The van der Waals surface area contributed by atoms with E-state index in [1.807, 2.05) is 46.3 Å². The molecule has 0 aromatic rings.